The molecule has 0 unspecified atom stereocenters. The number of aromatic nitrogens is 1. The highest BCUT2D eigenvalue weighted by Gasteiger charge is 2.06. The van der Waals surface area contributed by atoms with E-state index < -0.39 is 12.0 Å². The van der Waals surface area contributed by atoms with Gasteiger partial charge in [-0.05, 0) is 19.1 Å². The van der Waals surface area contributed by atoms with E-state index >= 15 is 0 Å². The van der Waals surface area contributed by atoms with Crippen LogP contribution in [0.4, 0.5) is 10.5 Å². The number of rotatable bonds is 7. The summed E-state index contributed by atoms with van der Waals surface area (Å²) in [5.41, 5.74) is 0.827. The summed E-state index contributed by atoms with van der Waals surface area (Å²) >= 11 is 0. The zero-order chi connectivity index (χ0) is 15.7. The highest BCUT2D eigenvalue weighted by atomic mass is 16.5. The Bertz CT molecular complexity index is 501. The lowest BCUT2D eigenvalue weighted by molar-refractivity contribution is -0.143. The van der Waals surface area contributed by atoms with Crippen LogP contribution in [-0.2, 0) is 20.7 Å². The molecule has 0 atom stereocenters. The van der Waals surface area contributed by atoms with Crippen LogP contribution in [0.3, 0.4) is 0 Å². The predicted molar refractivity (Wildman–Crippen MR) is 73.8 cm³/mol. The number of nitrogens with zero attached hydrogens (tertiary/aromatic N) is 1. The molecule has 0 saturated carbocycles. The standard InChI is InChI=1S/C13H17N3O5/c1-2-21-12(19)5-6-14-13(20)16-10-4-3-9(15-8-10)7-11(17)18/h3-4,8H,2,5-7H2,1H3,(H,17,18)(H2,14,16,20). The van der Waals surface area contributed by atoms with Crippen molar-refractivity contribution in [1.29, 1.82) is 0 Å². The Balaban J connectivity index is 2.34. The number of pyridine rings is 1. The van der Waals surface area contributed by atoms with Gasteiger partial charge in [-0.25, -0.2) is 4.79 Å². The number of carboxylic acids is 1. The zero-order valence-corrected chi connectivity index (χ0v) is 11.6. The number of carbonyl (C=O) groups excluding carboxylic acids is 2. The number of carbonyl (C=O) groups is 3. The molecule has 1 rings (SSSR count). The predicted octanol–water partition coefficient (Wildman–Crippen LogP) is 0.783. The Kier molecular flexibility index (Phi) is 6.66. The Labute approximate surface area is 121 Å². The van der Waals surface area contributed by atoms with Crippen molar-refractivity contribution in [3.8, 4) is 0 Å². The number of hydrogen-bond donors (Lipinski definition) is 3. The topological polar surface area (TPSA) is 118 Å². The molecule has 0 aliphatic heterocycles. The van der Waals surface area contributed by atoms with Crippen molar-refractivity contribution in [2.75, 3.05) is 18.5 Å². The molecule has 1 aromatic heterocycles. The fraction of sp³-hybridized carbons (Fsp3) is 0.385. The Hall–Kier alpha value is -2.64. The van der Waals surface area contributed by atoms with Crippen LogP contribution in [0.5, 0.6) is 0 Å². The monoisotopic (exact) mass is 295 g/mol. The highest BCUT2D eigenvalue weighted by Crippen LogP contribution is 2.06. The summed E-state index contributed by atoms with van der Waals surface area (Å²) in [6, 6.07) is 2.59. The lowest BCUT2D eigenvalue weighted by Gasteiger charge is -2.07. The molecular weight excluding hydrogens is 278 g/mol. The van der Waals surface area contributed by atoms with E-state index in [1.165, 1.54) is 12.3 Å². The molecule has 3 N–H and O–H groups in total. The molecule has 0 saturated heterocycles. The quantitative estimate of drug-likeness (QED) is 0.640. The Morgan fingerprint density at radius 2 is 2.10 bits per heavy atom. The number of esters is 1. The van der Waals surface area contributed by atoms with Gasteiger partial charge in [0.1, 0.15) is 0 Å². The zero-order valence-electron chi connectivity index (χ0n) is 11.6. The van der Waals surface area contributed by atoms with Crippen LogP contribution in [0, 0.1) is 0 Å². The molecule has 1 aromatic rings. The SMILES string of the molecule is CCOC(=O)CCNC(=O)Nc1ccc(CC(=O)O)nc1. The van der Waals surface area contributed by atoms with E-state index in [9.17, 15) is 14.4 Å². The van der Waals surface area contributed by atoms with E-state index in [4.69, 9.17) is 9.84 Å². The van der Waals surface area contributed by atoms with Gasteiger partial charge in [0.2, 0.25) is 0 Å². The van der Waals surface area contributed by atoms with Crippen LogP contribution in [0.15, 0.2) is 18.3 Å². The van der Waals surface area contributed by atoms with Gasteiger partial charge in [-0.3, -0.25) is 14.6 Å². The number of urea groups is 1. The summed E-state index contributed by atoms with van der Waals surface area (Å²) in [4.78, 5) is 37.0. The van der Waals surface area contributed by atoms with Gasteiger partial charge in [0.25, 0.3) is 0 Å². The Morgan fingerprint density at radius 1 is 1.33 bits per heavy atom. The first-order chi connectivity index (χ1) is 10.0. The molecule has 0 radical (unpaired) electrons. The molecule has 0 bridgehead atoms. The molecular formula is C13H17N3O5. The number of carboxylic acid groups (broad SMARTS) is 1. The van der Waals surface area contributed by atoms with Crippen molar-refractivity contribution in [2.24, 2.45) is 0 Å². The van der Waals surface area contributed by atoms with Crippen molar-refractivity contribution in [3.05, 3.63) is 24.0 Å². The van der Waals surface area contributed by atoms with E-state index in [0.29, 0.717) is 18.0 Å². The first-order valence-corrected chi connectivity index (χ1v) is 6.38. The van der Waals surface area contributed by atoms with E-state index in [-0.39, 0.29) is 25.4 Å². The van der Waals surface area contributed by atoms with Crippen molar-refractivity contribution in [2.45, 2.75) is 19.8 Å². The second-order valence-electron chi connectivity index (χ2n) is 4.04. The summed E-state index contributed by atoms with van der Waals surface area (Å²) in [7, 11) is 0. The van der Waals surface area contributed by atoms with E-state index in [1.807, 2.05) is 0 Å². The fourth-order valence-corrected chi connectivity index (χ4v) is 1.44. The Morgan fingerprint density at radius 3 is 2.67 bits per heavy atom. The fourth-order valence-electron chi connectivity index (χ4n) is 1.44. The molecule has 21 heavy (non-hydrogen) atoms. The number of amides is 2. The molecule has 8 heteroatoms. The molecule has 8 nitrogen and oxygen atoms in total. The minimum absolute atomic E-state index is 0.0943. The van der Waals surface area contributed by atoms with Crippen LogP contribution < -0.4 is 10.6 Å². The number of hydrogen-bond acceptors (Lipinski definition) is 5. The normalized spacial score (nSPS) is 9.76. The second-order valence-corrected chi connectivity index (χ2v) is 4.04. The maximum Gasteiger partial charge on any atom is 0.319 e. The molecule has 0 spiro atoms. The highest BCUT2D eigenvalue weighted by molar-refractivity contribution is 5.89. The van der Waals surface area contributed by atoms with Crippen molar-refractivity contribution >= 4 is 23.7 Å². The third kappa shape index (κ3) is 6.90. The summed E-state index contributed by atoms with van der Waals surface area (Å²) in [6.07, 6.45) is 1.28. The first kappa shape index (κ1) is 16.4. The van der Waals surface area contributed by atoms with Crippen molar-refractivity contribution < 1.29 is 24.2 Å². The minimum Gasteiger partial charge on any atom is -0.481 e. The molecule has 2 amide bonds. The number of anilines is 1. The van der Waals surface area contributed by atoms with Crippen LogP contribution in [0.2, 0.25) is 0 Å². The van der Waals surface area contributed by atoms with Gasteiger partial charge in [0.15, 0.2) is 0 Å². The van der Waals surface area contributed by atoms with Gasteiger partial charge in [0.05, 0.1) is 37.0 Å². The van der Waals surface area contributed by atoms with E-state index in [0.717, 1.165) is 0 Å². The third-order valence-corrected chi connectivity index (χ3v) is 2.33. The maximum atomic E-state index is 11.5. The minimum atomic E-state index is -0.972. The van der Waals surface area contributed by atoms with Gasteiger partial charge >= 0.3 is 18.0 Å². The average Bonchev–Trinajstić information content (AvgIpc) is 2.40. The van der Waals surface area contributed by atoms with E-state index in [2.05, 4.69) is 15.6 Å². The van der Waals surface area contributed by atoms with Crippen molar-refractivity contribution in [3.63, 3.8) is 0 Å². The summed E-state index contributed by atoms with van der Waals surface area (Å²) < 4.78 is 4.72. The lowest BCUT2D eigenvalue weighted by Crippen LogP contribution is -2.30. The summed E-state index contributed by atoms with van der Waals surface area (Å²) in [5, 5.41) is 13.6. The molecule has 0 aliphatic carbocycles. The number of nitrogens with one attached hydrogen (secondary N) is 2. The van der Waals surface area contributed by atoms with Crippen molar-refractivity contribution in [1.82, 2.24) is 10.3 Å². The van der Waals surface area contributed by atoms with Gasteiger partial charge in [0, 0.05) is 6.54 Å². The van der Waals surface area contributed by atoms with Crippen LogP contribution >= 0.6 is 0 Å². The van der Waals surface area contributed by atoms with Crippen LogP contribution in [0.1, 0.15) is 19.0 Å². The number of ether oxygens (including phenoxy) is 1. The number of aliphatic carboxylic acids is 1. The summed E-state index contributed by atoms with van der Waals surface area (Å²) in [6.45, 7) is 2.17. The average molecular weight is 295 g/mol. The summed E-state index contributed by atoms with van der Waals surface area (Å²) in [5.74, 6) is -1.35. The first-order valence-electron chi connectivity index (χ1n) is 6.38. The molecule has 114 valence electrons. The maximum absolute atomic E-state index is 11.5. The smallest absolute Gasteiger partial charge is 0.319 e. The second kappa shape index (κ2) is 8.51. The third-order valence-electron chi connectivity index (χ3n) is 2.33. The van der Waals surface area contributed by atoms with Gasteiger partial charge in [-0.15, -0.1) is 0 Å². The van der Waals surface area contributed by atoms with Gasteiger partial charge < -0.3 is 20.5 Å². The molecule has 0 aromatic carbocycles. The largest absolute Gasteiger partial charge is 0.481 e. The molecule has 1 heterocycles. The lowest BCUT2D eigenvalue weighted by atomic mass is 10.2. The van der Waals surface area contributed by atoms with Crippen LogP contribution in [0.25, 0.3) is 0 Å². The van der Waals surface area contributed by atoms with Gasteiger partial charge in [-0.1, -0.05) is 0 Å². The van der Waals surface area contributed by atoms with Crippen LogP contribution in [-0.4, -0.2) is 41.2 Å². The van der Waals surface area contributed by atoms with Gasteiger partial charge in [-0.2, -0.15) is 0 Å². The van der Waals surface area contributed by atoms with E-state index in [1.54, 1.807) is 13.0 Å². The molecule has 0 fully saturated rings. The molecule has 0 aliphatic rings.